The van der Waals surface area contributed by atoms with E-state index >= 15 is 0 Å². The van der Waals surface area contributed by atoms with E-state index in [4.69, 9.17) is 19.3 Å². The molecule has 0 bridgehead atoms. The third kappa shape index (κ3) is 4.94. The second kappa shape index (κ2) is 10.6. The summed E-state index contributed by atoms with van der Waals surface area (Å²) in [4.78, 5) is 42.5. The van der Waals surface area contributed by atoms with Gasteiger partial charge in [-0.1, -0.05) is 41.7 Å². The van der Waals surface area contributed by atoms with Gasteiger partial charge in [0.1, 0.15) is 17.5 Å². The van der Waals surface area contributed by atoms with Crippen molar-refractivity contribution in [2.24, 2.45) is 4.99 Å². The number of hydrogen-bond donors (Lipinski definition) is 1. The fourth-order valence-electron chi connectivity index (χ4n) is 3.97. The van der Waals surface area contributed by atoms with Crippen molar-refractivity contribution in [3.05, 3.63) is 90.6 Å². The zero-order valence-electron chi connectivity index (χ0n) is 19.9. The molecule has 3 aromatic rings. The minimum absolute atomic E-state index is 0.180. The number of benzene rings is 2. The molecule has 4 rings (SSSR count). The van der Waals surface area contributed by atoms with E-state index in [0.717, 1.165) is 0 Å². The lowest BCUT2D eigenvalue weighted by Gasteiger charge is -2.25. The molecule has 1 aromatic heterocycles. The molecule has 1 atom stereocenters. The van der Waals surface area contributed by atoms with Crippen molar-refractivity contribution in [2.45, 2.75) is 19.9 Å². The number of thiazole rings is 1. The predicted octanol–water partition coefficient (Wildman–Crippen LogP) is 2.27. The molecule has 0 saturated heterocycles. The standard InChI is InChI=1S/C26H24N2O7S/c1-4-34-25(32)22-15(2)27-26-28(23(22)18-10-5-6-11-19(18)33-3)24(31)20(36-26)13-16-8-7-9-17(12-16)35-14-21(29)30/h5-13,23H,4,14H2,1-3H3,(H,29,30)/b20-13+/t23-/m1/s1. The first kappa shape index (κ1) is 24.9. The van der Waals surface area contributed by atoms with Crippen LogP contribution in [0.15, 0.2) is 69.6 Å². The molecular formula is C26H24N2O7S. The van der Waals surface area contributed by atoms with Crippen LogP contribution in [0.25, 0.3) is 6.08 Å². The van der Waals surface area contributed by atoms with Crippen molar-refractivity contribution in [3.8, 4) is 11.5 Å². The highest BCUT2D eigenvalue weighted by Crippen LogP contribution is 2.35. The minimum atomic E-state index is -1.09. The summed E-state index contributed by atoms with van der Waals surface area (Å²) < 4.78 is 18.0. The number of allylic oxidation sites excluding steroid dienone is 1. The van der Waals surface area contributed by atoms with E-state index in [2.05, 4.69) is 4.99 Å². The molecule has 0 spiro atoms. The average Bonchev–Trinajstić information content (AvgIpc) is 3.16. The SMILES string of the molecule is CCOC(=O)C1=C(C)N=c2s/c(=C/c3cccc(OCC(=O)O)c3)c(=O)n2[C@@H]1c1ccccc1OC. The number of para-hydroxylation sites is 1. The molecular weight excluding hydrogens is 484 g/mol. The number of nitrogens with zero attached hydrogens (tertiary/aromatic N) is 2. The van der Waals surface area contributed by atoms with E-state index in [1.807, 2.05) is 18.2 Å². The Labute approximate surface area is 210 Å². The Balaban J connectivity index is 1.89. The van der Waals surface area contributed by atoms with E-state index in [0.29, 0.717) is 37.7 Å². The van der Waals surface area contributed by atoms with Gasteiger partial charge in [0.2, 0.25) is 0 Å². The lowest BCUT2D eigenvalue weighted by Crippen LogP contribution is -2.40. The number of carboxylic acid groups (broad SMARTS) is 1. The predicted molar refractivity (Wildman–Crippen MR) is 133 cm³/mol. The number of carboxylic acids is 1. The molecule has 36 heavy (non-hydrogen) atoms. The van der Waals surface area contributed by atoms with Crippen LogP contribution in [-0.4, -0.2) is 41.9 Å². The molecule has 0 fully saturated rings. The Bertz CT molecular complexity index is 1530. The number of hydrogen-bond acceptors (Lipinski definition) is 8. The molecule has 0 aliphatic carbocycles. The van der Waals surface area contributed by atoms with Crippen molar-refractivity contribution in [1.29, 1.82) is 0 Å². The fraction of sp³-hybridized carbons (Fsp3) is 0.231. The molecule has 9 nitrogen and oxygen atoms in total. The smallest absolute Gasteiger partial charge is 0.341 e. The molecule has 1 N–H and O–H groups in total. The van der Waals surface area contributed by atoms with Gasteiger partial charge in [-0.25, -0.2) is 14.6 Å². The normalized spacial score (nSPS) is 15.2. The highest BCUT2D eigenvalue weighted by atomic mass is 32.1. The van der Waals surface area contributed by atoms with Gasteiger partial charge in [-0.3, -0.25) is 9.36 Å². The van der Waals surface area contributed by atoms with Gasteiger partial charge >= 0.3 is 11.9 Å². The van der Waals surface area contributed by atoms with Crippen LogP contribution in [0.4, 0.5) is 0 Å². The van der Waals surface area contributed by atoms with Gasteiger partial charge < -0.3 is 19.3 Å². The highest BCUT2D eigenvalue weighted by molar-refractivity contribution is 7.07. The summed E-state index contributed by atoms with van der Waals surface area (Å²) >= 11 is 1.19. The number of carbonyl (C=O) groups is 2. The molecule has 2 aromatic carbocycles. The molecule has 186 valence electrons. The van der Waals surface area contributed by atoms with Crippen LogP contribution in [0.2, 0.25) is 0 Å². The average molecular weight is 509 g/mol. The maximum absolute atomic E-state index is 13.7. The highest BCUT2D eigenvalue weighted by Gasteiger charge is 2.34. The Morgan fingerprint density at radius 1 is 1.19 bits per heavy atom. The third-order valence-electron chi connectivity index (χ3n) is 5.47. The van der Waals surface area contributed by atoms with E-state index in [-0.39, 0.29) is 17.7 Å². The molecule has 10 heteroatoms. The number of aliphatic carboxylic acids is 1. The summed E-state index contributed by atoms with van der Waals surface area (Å²) in [6, 6.07) is 13.2. The van der Waals surface area contributed by atoms with Gasteiger partial charge in [0.05, 0.1) is 29.5 Å². The quantitative estimate of drug-likeness (QED) is 0.464. The largest absolute Gasteiger partial charge is 0.496 e. The molecule has 1 aliphatic heterocycles. The zero-order valence-corrected chi connectivity index (χ0v) is 20.7. The Morgan fingerprint density at radius 2 is 1.97 bits per heavy atom. The summed E-state index contributed by atoms with van der Waals surface area (Å²) in [7, 11) is 1.53. The van der Waals surface area contributed by atoms with E-state index < -0.39 is 24.6 Å². The molecule has 1 aliphatic rings. The first-order chi connectivity index (χ1) is 17.3. The van der Waals surface area contributed by atoms with Crippen LogP contribution in [0, 0.1) is 0 Å². The van der Waals surface area contributed by atoms with Crippen LogP contribution < -0.4 is 24.4 Å². The number of carbonyl (C=O) groups excluding carboxylic acids is 1. The first-order valence-electron chi connectivity index (χ1n) is 11.1. The monoisotopic (exact) mass is 508 g/mol. The fourth-order valence-corrected chi connectivity index (χ4v) is 5.02. The minimum Gasteiger partial charge on any atom is -0.496 e. The summed E-state index contributed by atoms with van der Waals surface area (Å²) in [6.45, 7) is 3.14. The molecule has 0 unspecified atom stereocenters. The second-order valence-corrected chi connectivity index (χ2v) is 8.81. The second-order valence-electron chi connectivity index (χ2n) is 7.80. The topological polar surface area (TPSA) is 116 Å². The Hall–Kier alpha value is -4.18. The van der Waals surface area contributed by atoms with Crippen molar-refractivity contribution in [3.63, 3.8) is 0 Å². The number of methoxy groups -OCH3 is 1. The van der Waals surface area contributed by atoms with Crippen molar-refractivity contribution in [2.75, 3.05) is 20.3 Å². The van der Waals surface area contributed by atoms with E-state index in [1.54, 1.807) is 50.3 Å². The van der Waals surface area contributed by atoms with E-state index in [1.165, 1.54) is 23.0 Å². The van der Waals surface area contributed by atoms with Crippen molar-refractivity contribution < 1.29 is 28.9 Å². The van der Waals surface area contributed by atoms with Crippen molar-refractivity contribution in [1.82, 2.24) is 4.57 Å². The summed E-state index contributed by atoms with van der Waals surface area (Å²) in [5, 5.41) is 8.85. The maximum atomic E-state index is 13.7. The third-order valence-corrected chi connectivity index (χ3v) is 6.45. The first-order valence-corrected chi connectivity index (χ1v) is 11.9. The molecule has 0 radical (unpaired) electrons. The maximum Gasteiger partial charge on any atom is 0.341 e. The van der Waals surface area contributed by atoms with Crippen molar-refractivity contribution >= 4 is 29.4 Å². The Morgan fingerprint density at radius 3 is 2.69 bits per heavy atom. The number of ether oxygens (including phenoxy) is 3. The number of aromatic nitrogens is 1. The number of rotatable bonds is 8. The van der Waals surface area contributed by atoms with Gasteiger partial charge in [0, 0.05) is 5.56 Å². The summed E-state index contributed by atoms with van der Waals surface area (Å²) in [5.41, 5.74) is 1.68. The van der Waals surface area contributed by atoms with Crippen LogP contribution >= 0.6 is 11.3 Å². The van der Waals surface area contributed by atoms with Gasteiger partial charge in [-0.2, -0.15) is 0 Å². The van der Waals surface area contributed by atoms with Gasteiger partial charge in [-0.15, -0.1) is 0 Å². The molecule has 0 amide bonds. The van der Waals surface area contributed by atoms with E-state index in [9.17, 15) is 14.4 Å². The molecule has 0 saturated carbocycles. The van der Waals surface area contributed by atoms with Crippen LogP contribution in [0.3, 0.4) is 0 Å². The molecule has 2 heterocycles. The zero-order chi connectivity index (χ0) is 25.8. The van der Waals surface area contributed by atoms with Gasteiger partial charge in [0.15, 0.2) is 11.4 Å². The summed E-state index contributed by atoms with van der Waals surface area (Å²) in [6.07, 6.45) is 1.68. The number of esters is 1. The van der Waals surface area contributed by atoms with Crippen LogP contribution in [-0.2, 0) is 14.3 Å². The number of fused-ring (bicyclic) bond motifs is 1. The Kier molecular flexibility index (Phi) is 7.35. The lowest BCUT2D eigenvalue weighted by atomic mass is 9.95. The lowest BCUT2D eigenvalue weighted by molar-refractivity contribution is -0.140. The van der Waals surface area contributed by atoms with Gasteiger partial charge in [-0.05, 0) is 43.7 Å². The van der Waals surface area contributed by atoms with Crippen LogP contribution in [0.5, 0.6) is 11.5 Å². The van der Waals surface area contributed by atoms with Crippen LogP contribution in [0.1, 0.15) is 31.0 Å². The van der Waals surface area contributed by atoms with Gasteiger partial charge in [0.25, 0.3) is 5.56 Å². The summed E-state index contributed by atoms with van der Waals surface area (Å²) in [5.74, 6) is -0.742.